The first kappa shape index (κ1) is 146. The molecule has 4 aromatic rings. The van der Waals surface area contributed by atoms with E-state index in [1.165, 1.54) is 59.4 Å². The van der Waals surface area contributed by atoms with Gasteiger partial charge in [-0.05, 0) is 202 Å². The number of cyclic esters (lactones) is 4. The van der Waals surface area contributed by atoms with Crippen LogP contribution >= 0.6 is 0 Å². The molecule has 4 aromatic carbocycles. The molecule has 3 aliphatic rings. The summed E-state index contributed by atoms with van der Waals surface area (Å²) in [4.78, 5) is 218. The number of carbonyl (C=O) groups excluding carboxylic acids is 16. The van der Waals surface area contributed by atoms with E-state index < -0.39 is 205 Å². The zero-order chi connectivity index (χ0) is 107. The molecule has 0 radical (unpaired) electrons. The SMILES string of the molecule is CCC(OC)C1C(=O)OC(=O)C1C.CCO.CCOC(=O)C(C(CC(C(=O)[O-])C(C(=O)OCCOc1ccc(C(=O)CC(=O)c2ccc(C)cc2)cc1)C(CC)OC)OC)C(CC(OC)C1C(=O)N(CCCN(C)C)C(=O)C1CC(OC)C(C(=O)NCCCN(C)C)C(CC(OC)C1C(=O)OC(=O)C1C)C(=O)[O-])C(=O)[O-].CN(C)CCCN.Cc1ccc(C(=O)CC(=O)c2ccc(OCCO)cc2)cc1.[CH2-]C.[Na+].[Na+].[Na+].[Na+].[OH-]. The third kappa shape index (κ3) is 48.4. The van der Waals surface area contributed by atoms with Gasteiger partial charge in [0.05, 0.1) is 116 Å². The monoisotopic (exact) mass is 2110 g/mol. The number of esters is 6. The number of imide groups is 1. The molecule has 40 nitrogen and oxygen atoms in total. The fraction of sp³-hybridized carbons (Fsp3) is 0.602. The second-order valence-electron chi connectivity index (χ2n) is 34.9. The van der Waals surface area contributed by atoms with Crippen LogP contribution in [-0.2, 0) is 105 Å². The maximum Gasteiger partial charge on any atom is 1.00 e. The van der Waals surface area contributed by atoms with Gasteiger partial charge in [-0.2, -0.15) is 6.92 Å². The van der Waals surface area contributed by atoms with E-state index >= 15 is 4.79 Å². The number of aliphatic carboxylic acids is 3. The summed E-state index contributed by atoms with van der Waals surface area (Å²) in [5, 5.41) is 59.7. The van der Waals surface area contributed by atoms with E-state index in [0.717, 1.165) is 56.9 Å². The maximum absolute atomic E-state index is 15.0. The van der Waals surface area contributed by atoms with Gasteiger partial charge in [0.2, 0.25) is 17.7 Å². The first-order valence-corrected chi connectivity index (χ1v) is 47.5. The van der Waals surface area contributed by atoms with Crippen LogP contribution in [0.3, 0.4) is 0 Å². The van der Waals surface area contributed by atoms with Crippen molar-refractivity contribution in [2.45, 2.75) is 170 Å². The molecule has 18 unspecified atom stereocenters. The second-order valence-corrected chi connectivity index (χ2v) is 34.9. The summed E-state index contributed by atoms with van der Waals surface area (Å²) in [6.45, 7) is 20.4. The predicted octanol–water partition coefficient (Wildman–Crippen LogP) is -7.97. The first-order chi connectivity index (χ1) is 67.4. The molecule has 3 saturated heterocycles. The summed E-state index contributed by atoms with van der Waals surface area (Å²) in [6, 6.07) is 26.4. The molecule has 0 aliphatic carbocycles. The molecule has 802 valence electrons. The van der Waals surface area contributed by atoms with Crippen molar-refractivity contribution in [3.63, 3.8) is 0 Å². The molecule has 147 heavy (non-hydrogen) atoms. The molecule has 7 rings (SSSR count). The first-order valence-electron chi connectivity index (χ1n) is 47.5. The molecule has 3 amide bonds. The van der Waals surface area contributed by atoms with Crippen molar-refractivity contribution in [2.24, 2.45) is 76.7 Å². The fourth-order valence-corrected chi connectivity index (χ4v) is 16.6. The van der Waals surface area contributed by atoms with E-state index in [1.807, 2.05) is 37.8 Å². The summed E-state index contributed by atoms with van der Waals surface area (Å²) in [6.07, 6.45) is -8.80. The Labute approximate surface area is 952 Å². The van der Waals surface area contributed by atoms with Crippen LogP contribution in [0.5, 0.6) is 11.5 Å². The Morgan fingerprint density at radius 3 is 1.16 bits per heavy atom. The minimum atomic E-state index is -2.11. The van der Waals surface area contributed by atoms with Crippen LogP contribution in [0.25, 0.3) is 0 Å². The van der Waals surface area contributed by atoms with E-state index in [1.54, 1.807) is 121 Å². The number of hydrogen-bond donors (Lipinski definition) is 4. The second kappa shape index (κ2) is 78.9. The van der Waals surface area contributed by atoms with Crippen molar-refractivity contribution in [2.75, 3.05) is 164 Å². The minimum absolute atomic E-state index is 0. The van der Waals surface area contributed by atoms with Crippen LogP contribution in [0.4, 0.5) is 0 Å². The molecule has 3 aliphatic heterocycles. The van der Waals surface area contributed by atoms with Crippen LogP contribution in [0.15, 0.2) is 97.1 Å². The molecule has 44 heteroatoms. The van der Waals surface area contributed by atoms with Gasteiger partial charge in [0, 0.05) is 120 Å². The third-order valence-corrected chi connectivity index (χ3v) is 24.2. The van der Waals surface area contributed by atoms with E-state index in [9.17, 15) is 87.2 Å². The number of nitrogens with zero attached hydrogens (tertiary/aromatic N) is 4. The van der Waals surface area contributed by atoms with Crippen LogP contribution in [0, 0.1) is 91.8 Å². The van der Waals surface area contributed by atoms with Gasteiger partial charge in [-0.1, -0.05) is 87.4 Å². The van der Waals surface area contributed by atoms with Crippen LogP contribution in [-0.4, -0.2) is 330 Å². The van der Waals surface area contributed by atoms with E-state index in [4.69, 9.17) is 68.1 Å². The number of methoxy groups -OCH3 is 6. The predicted molar refractivity (Wildman–Crippen MR) is 516 cm³/mol. The average molecular weight is 2110 g/mol. The van der Waals surface area contributed by atoms with Gasteiger partial charge >= 0.3 is 154 Å². The van der Waals surface area contributed by atoms with E-state index in [-0.39, 0.29) is 236 Å². The Morgan fingerprint density at radius 1 is 0.456 bits per heavy atom. The van der Waals surface area contributed by atoms with Crippen molar-refractivity contribution in [3.8, 4) is 11.5 Å². The summed E-state index contributed by atoms with van der Waals surface area (Å²) in [5.41, 5.74) is 8.92. The van der Waals surface area contributed by atoms with Gasteiger partial charge in [0.1, 0.15) is 31.3 Å². The third-order valence-electron chi connectivity index (χ3n) is 24.2. The fourth-order valence-electron chi connectivity index (χ4n) is 16.6. The Morgan fingerprint density at radius 2 is 0.816 bits per heavy atom. The number of aliphatic hydroxyl groups excluding tert-OH is 2. The number of benzene rings is 4. The number of hydrogen-bond acceptors (Lipinski definition) is 38. The Kier molecular flexibility index (Phi) is 78.5. The summed E-state index contributed by atoms with van der Waals surface area (Å²) in [5.74, 6) is -31.6. The van der Waals surface area contributed by atoms with Gasteiger partial charge in [-0.25, -0.2) is 0 Å². The maximum atomic E-state index is 15.0. The van der Waals surface area contributed by atoms with Gasteiger partial charge < -0.3 is 135 Å². The van der Waals surface area contributed by atoms with Crippen molar-refractivity contribution in [1.82, 2.24) is 24.9 Å². The molecule has 0 saturated carbocycles. The Balaban J connectivity index is -0.00000159. The number of Topliss-reactive ketones (excluding diaryl/α,β-unsaturated/α-hetero) is 4. The molecular formula is C103H151N6Na4O34-. The Hall–Kier alpha value is -7.12. The Bertz CT molecular complexity index is 4610. The molecule has 3 fully saturated rings. The van der Waals surface area contributed by atoms with Crippen LogP contribution in [0.2, 0.25) is 0 Å². The number of ketones is 4. The number of aryl methyl sites for hydroxylation is 2. The number of rotatable bonds is 58. The number of nitrogens with one attached hydrogen (secondary N) is 1. The number of nitrogens with two attached hydrogens (primary N) is 1. The molecule has 0 aromatic heterocycles. The normalized spacial score (nSPS) is 17.8. The van der Waals surface area contributed by atoms with Crippen LogP contribution in [0.1, 0.15) is 172 Å². The molecule has 0 spiro atoms. The van der Waals surface area contributed by atoms with Crippen molar-refractivity contribution in [3.05, 3.63) is 137 Å². The number of aliphatic hydroxyl groups is 2. The zero-order valence-electron chi connectivity index (χ0n) is 90.5. The topological polar surface area (TPSA) is 575 Å². The van der Waals surface area contributed by atoms with Crippen molar-refractivity contribution >= 4 is 94.6 Å². The molecule has 18 atom stereocenters. The number of carboxylic acids is 3. The quantitative estimate of drug-likeness (QED) is 0.00466. The molecule has 0 bridgehead atoms. The van der Waals surface area contributed by atoms with Crippen molar-refractivity contribution in [1.29, 1.82) is 0 Å². The number of carbonyl (C=O) groups is 16. The smallest absolute Gasteiger partial charge is 0.870 e. The van der Waals surface area contributed by atoms with Gasteiger partial charge in [-0.3, -0.25) is 67.2 Å². The number of ether oxygens (including phenoxy) is 12. The zero-order valence-corrected chi connectivity index (χ0v) is 98.5. The van der Waals surface area contributed by atoms with Crippen LogP contribution < -0.4 is 154 Å². The van der Waals surface area contributed by atoms with E-state index in [2.05, 4.69) is 36.0 Å². The summed E-state index contributed by atoms with van der Waals surface area (Å²) < 4.78 is 65.3. The standard InChI is InChI=1S/C67H96N4O24.C18H18O4.C9H14O4.C5H14N2.C2H6O.C2H5.4Na.H2O/c1-14-48(87-9)56(66(85)94-31-30-93-41-24-22-40(23-25-41)47(73)36-46(72)39-20-18-37(3)19-21-39)44(62(79)80)35-52(91-13)57(65(84)92-15-2)45(63(81)82)34-51(90-12)55-42(59(75)71(60(55)76)29-17-28-70(7)8)32-50(89-11)54(58(74)68-26-16-27-69(5)6)43(61(77)78)33-49(88-10)53-38(4)64(83)95-67(53)86;1-13-2-4-14(5-3-13)17(20)12-18(21)15-6-8-16(9-7-15)22-11-10-19;1-4-6(12-3)7-5(2)8(10)13-9(7)11;1-7(2)5-3-4-6;1-2-3;1-2;;;;;/h18-25,38,42-45,48-57H,14-17,26-36H2,1-13H3,(H,68,74)(H,77,78)(H,79,80)(H,81,82);2-9,19H,10-12H2,1H3;5-7H,4H2,1-3H3;3-6H2,1-2H3;3H,2H2,1H3;1H2,2H3;;;;;1H2/q;;;;;-1;4*+1;/p-4. The average Bonchev–Trinajstić information content (AvgIpc) is 1.62. The van der Waals surface area contributed by atoms with Crippen molar-refractivity contribution < 1.29 is 283 Å². The molecule has 3 heterocycles. The van der Waals surface area contributed by atoms with Gasteiger partial charge in [0.15, 0.2) is 23.1 Å². The van der Waals surface area contributed by atoms with Gasteiger partial charge in [-0.15, -0.1) is 0 Å². The number of likely N-dealkylation sites (tertiary alicyclic amines) is 1. The summed E-state index contributed by atoms with van der Waals surface area (Å²) in [7, 11) is 18.4. The van der Waals surface area contributed by atoms with E-state index in [0.29, 0.717) is 48.4 Å². The van der Waals surface area contributed by atoms with Gasteiger partial charge in [0.25, 0.3) is 0 Å². The number of amides is 3. The molecular weight excluding hydrogens is 1960 g/mol. The molecule has 6 N–H and O–H groups in total. The summed E-state index contributed by atoms with van der Waals surface area (Å²) >= 11 is 0. The minimum Gasteiger partial charge on any atom is -0.870 e. The largest absolute Gasteiger partial charge is 1.00 e. The number of carboxylic acid groups (broad SMARTS) is 3.